The Bertz CT molecular complexity index is 329. The second kappa shape index (κ2) is 5.82. The molecule has 1 amide bonds. The zero-order valence-corrected chi connectivity index (χ0v) is 12.0. The predicted octanol–water partition coefficient (Wildman–Crippen LogP) is 2.54. The molecular formula is C16H28N2O. The van der Waals surface area contributed by atoms with Gasteiger partial charge in [0.15, 0.2) is 0 Å². The molecule has 2 unspecified atom stereocenters. The zero-order chi connectivity index (χ0) is 13.2. The summed E-state index contributed by atoms with van der Waals surface area (Å²) in [4.78, 5) is 15.2. The second-order valence-electron chi connectivity index (χ2n) is 6.82. The van der Waals surface area contributed by atoms with Gasteiger partial charge in [-0.2, -0.15) is 0 Å². The smallest absolute Gasteiger partial charge is 0.226 e. The van der Waals surface area contributed by atoms with Crippen molar-refractivity contribution in [3.8, 4) is 0 Å². The molecule has 108 valence electrons. The van der Waals surface area contributed by atoms with E-state index in [0.29, 0.717) is 24.4 Å². The summed E-state index contributed by atoms with van der Waals surface area (Å²) in [5.74, 6) is 1.94. The van der Waals surface area contributed by atoms with Crippen LogP contribution in [-0.4, -0.2) is 29.9 Å². The van der Waals surface area contributed by atoms with E-state index in [1.54, 1.807) is 0 Å². The molecule has 0 radical (unpaired) electrons. The molecule has 0 aromatic carbocycles. The molecule has 0 aromatic rings. The van der Waals surface area contributed by atoms with Crippen LogP contribution >= 0.6 is 0 Å². The number of hydrogen-bond acceptors (Lipinski definition) is 2. The van der Waals surface area contributed by atoms with Gasteiger partial charge in [-0.3, -0.25) is 4.79 Å². The molecule has 2 aliphatic carbocycles. The minimum absolute atomic E-state index is 0.241. The van der Waals surface area contributed by atoms with Crippen molar-refractivity contribution in [1.29, 1.82) is 0 Å². The molecule has 19 heavy (non-hydrogen) atoms. The fourth-order valence-electron chi connectivity index (χ4n) is 4.76. The van der Waals surface area contributed by atoms with Crippen LogP contribution in [0.2, 0.25) is 0 Å². The minimum Gasteiger partial charge on any atom is -0.339 e. The van der Waals surface area contributed by atoms with Gasteiger partial charge in [0.25, 0.3) is 0 Å². The maximum atomic E-state index is 12.9. The van der Waals surface area contributed by atoms with Crippen LogP contribution in [0.3, 0.4) is 0 Å². The SMILES string of the molecule is NC[C@H]1CCC[C@H]1C(=O)N1CCCC2CCCCC21. The third-order valence-electron chi connectivity index (χ3n) is 5.81. The first kappa shape index (κ1) is 13.4. The lowest BCUT2D eigenvalue weighted by molar-refractivity contribution is -0.143. The zero-order valence-electron chi connectivity index (χ0n) is 12.0. The molecule has 0 aromatic heterocycles. The number of nitrogens with zero attached hydrogens (tertiary/aromatic N) is 1. The summed E-state index contributed by atoms with van der Waals surface area (Å²) in [6.45, 7) is 1.70. The molecule has 3 aliphatic rings. The predicted molar refractivity (Wildman–Crippen MR) is 76.6 cm³/mol. The molecule has 4 atom stereocenters. The summed E-state index contributed by atoms with van der Waals surface area (Å²) in [6, 6.07) is 0.564. The van der Waals surface area contributed by atoms with Crippen molar-refractivity contribution in [3.63, 3.8) is 0 Å². The monoisotopic (exact) mass is 264 g/mol. The Balaban J connectivity index is 1.71. The molecule has 3 nitrogen and oxygen atoms in total. The Morgan fingerprint density at radius 2 is 1.79 bits per heavy atom. The summed E-state index contributed by atoms with van der Waals surface area (Å²) in [6.07, 6.45) is 11.3. The molecule has 2 N–H and O–H groups in total. The Hall–Kier alpha value is -0.570. The van der Waals surface area contributed by atoms with E-state index in [0.717, 1.165) is 25.3 Å². The Kier molecular flexibility index (Phi) is 4.11. The molecule has 3 rings (SSSR count). The van der Waals surface area contributed by atoms with E-state index < -0.39 is 0 Å². The van der Waals surface area contributed by atoms with Gasteiger partial charge in [0.2, 0.25) is 5.91 Å². The molecule has 0 spiro atoms. The number of hydrogen-bond donors (Lipinski definition) is 1. The number of rotatable bonds is 2. The van der Waals surface area contributed by atoms with Crippen LogP contribution in [0.15, 0.2) is 0 Å². The first-order chi connectivity index (χ1) is 9.31. The standard InChI is InChI=1S/C16H28N2O/c17-11-13-6-3-8-14(13)16(19)18-10-4-7-12-5-1-2-9-15(12)18/h12-15H,1-11,17H2/t12?,13-,14-,15?/m1/s1. The van der Waals surface area contributed by atoms with Crippen molar-refractivity contribution in [2.24, 2.45) is 23.5 Å². The summed E-state index contributed by atoms with van der Waals surface area (Å²) >= 11 is 0. The van der Waals surface area contributed by atoms with Gasteiger partial charge in [0, 0.05) is 18.5 Å². The largest absolute Gasteiger partial charge is 0.339 e. The van der Waals surface area contributed by atoms with Crippen LogP contribution in [-0.2, 0) is 4.79 Å². The molecule has 2 saturated carbocycles. The molecule has 1 heterocycles. The molecule has 1 saturated heterocycles. The summed E-state index contributed by atoms with van der Waals surface area (Å²) in [7, 11) is 0. The van der Waals surface area contributed by atoms with Gasteiger partial charge >= 0.3 is 0 Å². The summed E-state index contributed by atoms with van der Waals surface area (Å²) in [5, 5.41) is 0. The molecule has 3 heteroatoms. The summed E-state index contributed by atoms with van der Waals surface area (Å²) in [5.41, 5.74) is 5.85. The average Bonchev–Trinajstić information content (AvgIpc) is 2.94. The number of carbonyl (C=O) groups is 1. The third kappa shape index (κ3) is 2.54. The number of piperidine rings is 1. The topological polar surface area (TPSA) is 46.3 Å². The first-order valence-corrected chi connectivity index (χ1v) is 8.32. The molecule has 3 fully saturated rings. The van der Waals surface area contributed by atoms with Crippen molar-refractivity contribution < 1.29 is 4.79 Å². The van der Waals surface area contributed by atoms with E-state index in [1.807, 2.05) is 0 Å². The number of amides is 1. The van der Waals surface area contributed by atoms with E-state index in [9.17, 15) is 4.79 Å². The third-order valence-corrected chi connectivity index (χ3v) is 5.81. The highest BCUT2D eigenvalue weighted by Crippen LogP contribution is 2.39. The van der Waals surface area contributed by atoms with Crippen molar-refractivity contribution in [1.82, 2.24) is 4.90 Å². The van der Waals surface area contributed by atoms with Crippen molar-refractivity contribution >= 4 is 5.91 Å². The van der Waals surface area contributed by atoms with Crippen LogP contribution in [0.1, 0.15) is 57.8 Å². The number of fused-ring (bicyclic) bond motifs is 1. The maximum absolute atomic E-state index is 12.9. The highest BCUT2D eigenvalue weighted by Gasteiger charge is 2.41. The van der Waals surface area contributed by atoms with Crippen LogP contribution in [0.25, 0.3) is 0 Å². The van der Waals surface area contributed by atoms with Gasteiger partial charge in [-0.1, -0.05) is 19.3 Å². The maximum Gasteiger partial charge on any atom is 0.226 e. The highest BCUT2D eigenvalue weighted by molar-refractivity contribution is 5.80. The van der Waals surface area contributed by atoms with E-state index in [2.05, 4.69) is 4.90 Å². The van der Waals surface area contributed by atoms with Gasteiger partial charge in [0.05, 0.1) is 0 Å². The average molecular weight is 264 g/mol. The van der Waals surface area contributed by atoms with Gasteiger partial charge in [0.1, 0.15) is 0 Å². The van der Waals surface area contributed by atoms with Crippen LogP contribution < -0.4 is 5.73 Å². The van der Waals surface area contributed by atoms with Crippen LogP contribution in [0.4, 0.5) is 0 Å². The fourth-order valence-corrected chi connectivity index (χ4v) is 4.76. The van der Waals surface area contributed by atoms with Gasteiger partial charge in [-0.25, -0.2) is 0 Å². The minimum atomic E-state index is 0.241. The number of nitrogens with two attached hydrogens (primary N) is 1. The van der Waals surface area contributed by atoms with Crippen LogP contribution in [0, 0.1) is 17.8 Å². The normalized spacial score (nSPS) is 39.1. The lowest BCUT2D eigenvalue weighted by atomic mass is 9.77. The highest BCUT2D eigenvalue weighted by atomic mass is 16.2. The number of likely N-dealkylation sites (tertiary alicyclic amines) is 1. The number of carbonyl (C=O) groups excluding carboxylic acids is 1. The van der Waals surface area contributed by atoms with Crippen molar-refractivity contribution in [2.45, 2.75) is 63.8 Å². The van der Waals surface area contributed by atoms with Crippen molar-refractivity contribution in [2.75, 3.05) is 13.1 Å². The molecular weight excluding hydrogens is 236 g/mol. The van der Waals surface area contributed by atoms with E-state index in [1.165, 1.54) is 44.9 Å². The fraction of sp³-hybridized carbons (Fsp3) is 0.938. The molecule has 1 aliphatic heterocycles. The Morgan fingerprint density at radius 3 is 2.63 bits per heavy atom. The molecule has 0 bridgehead atoms. The second-order valence-corrected chi connectivity index (χ2v) is 6.82. The van der Waals surface area contributed by atoms with Crippen LogP contribution in [0.5, 0.6) is 0 Å². The van der Waals surface area contributed by atoms with E-state index >= 15 is 0 Å². The van der Waals surface area contributed by atoms with E-state index in [-0.39, 0.29) is 5.92 Å². The van der Waals surface area contributed by atoms with Gasteiger partial charge in [-0.05, 0) is 56.9 Å². The first-order valence-electron chi connectivity index (χ1n) is 8.32. The lowest BCUT2D eigenvalue weighted by Gasteiger charge is -2.45. The lowest BCUT2D eigenvalue weighted by Crippen LogP contribution is -2.52. The summed E-state index contributed by atoms with van der Waals surface area (Å²) < 4.78 is 0. The Morgan fingerprint density at radius 1 is 1.00 bits per heavy atom. The van der Waals surface area contributed by atoms with Gasteiger partial charge < -0.3 is 10.6 Å². The van der Waals surface area contributed by atoms with Gasteiger partial charge in [-0.15, -0.1) is 0 Å². The Labute approximate surface area is 116 Å². The van der Waals surface area contributed by atoms with E-state index in [4.69, 9.17) is 5.73 Å². The van der Waals surface area contributed by atoms with Crippen molar-refractivity contribution in [3.05, 3.63) is 0 Å². The quantitative estimate of drug-likeness (QED) is 0.833.